The Balaban J connectivity index is 1.98. The van der Waals surface area contributed by atoms with E-state index in [9.17, 15) is 0 Å². The molecule has 1 N–H and O–H groups in total. The standard InChI is InChI=1S/C10H15NS2/c1-11-8-10(5-3-6-10)13-9-4-2-7-12-9/h2,4,7,11H,3,5-6,8H2,1H3. The van der Waals surface area contributed by atoms with Crippen molar-refractivity contribution in [3.05, 3.63) is 17.5 Å². The lowest BCUT2D eigenvalue weighted by molar-refractivity contribution is 0.353. The van der Waals surface area contributed by atoms with Gasteiger partial charge < -0.3 is 5.32 Å². The van der Waals surface area contributed by atoms with Gasteiger partial charge in [0.05, 0.1) is 4.21 Å². The van der Waals surface area contributed by atoms with Gasteiger partial charge in [0.2, 0.25) is 0 Å². The molecule has 0 atom stereocenters. The predicted octanol–water partition coefficient (Wildman–Crippen LogP) is 2.98. The van der Waals surface area contributed by atoms with Gasteiger partial charge in [-0.05, 0) is 31.3 Å². The zero-order chi connectivity index (χ0) is 9.15. The summed E-state index contributed by atoms with van der Waals surface area (Å²) in [7, 11) is 2.05. The SMILES string of the molecule is CNCC1(Sc2cccs2)CCC1. The number of thioether (sulfide) groups is 1. The molecule has 13 heavy (non-hydrogen) atoms. The molecule has 1 aliphatic rings. The fraction of sp³-hybridized carbons (Fsp3) is 0.600. The molecule has 0 bridgehead atoms. The summed E-state index contributed by atoms with van der Waals surface area (Å²) in [6.07, 6.45) is 4.15. The van der Waals surface area contributed by atoms with Crippen LogP contribution in [-0.4, -0.2) is 18.3 Å². The van der Waals surface area contributed by atoms with Crippen molar-refractivity contribution in [2.75, 3.05) is 13.6 Å². The summed E-state index contributed by atoms with van der Waals surface area (Å²) >= 11 is 3.93. The number of rotatable bonds is 4. The van der Waals surface area contributed by atoms with Crippen molar-refractivity contribution >= 4 is 23.1 Å². The second-order valence-electron chi connectivity index (χ2n) is 3.60. The highest BCUT2D eigenvalue weighted by molar-refractivity contribution is 8.02. The molecule has 2 rings (SSSR count). The van der Waals surface area contributed by atoms with Gasteiger partial charge in [-0.15, -0.1) is 23.1 Å². The summed E-state index contributed by atoms with van der Waals surface area (Å²) in [5, 5.41) is 5.47. The molecule has 72 valence electrons. The van der Waals surface area contributed by atoms with Crippen molar-refractivity contribution in [3.63, 3.8) is 0 Å². The molecule has 1 aromatic rings. The Morgan fingerprint density at radius 2 is 2.46 bits per heavy atom. The van der Waals surface area contributed by atoms with Gasteiger partial charge in [-0.1, -0.05) is 12.5 Å². The second kappa shape index (κ2) is 4.03. The first kappa shape index (κ1) is 9.56. The van der Waals surface area contributed by atoms with E-state index in [4.69, 9.17) is 0 Å². The van der Waals surface area contributed by atoms with Gasteiger partial charge >= 0.3 is 0 Å². The smallest absolute Gasteiger partial charge is 0.0604 e. The normalized spacial score (nSPS) is 19.8. The van der Waals surface area contributed by atoms with Gasteiger partial charge in [0.25, 0.3) is 0 Å². The van der Waals surface area contributed by atoms with Crippen LogP contribution in [-0.2, 0) is 0 Å². The van der Waals surface area contributed by atoms with Crippen LogP contribution in [0.25, 0.3) is 0 Å². The molecular formula is C10H15NS2. The Labute approximate surface area is 87.9 Å². The maximum absolute atomic E-state index is 3.31. The van der Waals surface area contributed by atoms with E-state index in [1.54, 1.807) is 0 Å². The number of thiophene rings is 1. The fourth-order valence-electron chi connectivity index (χ4n) is 1.74. The monoisotopic (exact) mass is 213 g/mol. The third-order valence-corrected chi connectivity index (χ3v) is 5.10. The van der Waals surface area contributed by atoms with E-state index in [1.807, 2.05) is 11.3 Å². The Kier molecular flexibility index (Phi) is 2.96. The first-order valence-corrected chi connectivity index (χ1v) is 6.41. The van der Waals surface area contributed by atoms with Gasteiger partial charge in [-0.2, -0.15) is 0 Å². The maximum atomic E-state index is 3.31. The van der Waals surface area contributed by atoms with Crippen molar-refractivity contribution in [2.45, 2.75) is 28.2 Å². The van der Waals surface area contributed by atoms with Crippen LogP contribution in [0, 0.1) is 0 Å². The van der Waals surface area contributed by atoms with Crippen molar-refractivity contribution in [1.82, 2.24) is 5.32 Å². The van der Waals surface area contributed by atoms with E-state index < -0.39 is 0 Å². The minimum Gasteiger partial charge on any atom is -0.318 e. The Morgan fingerprint density at radius 1 is 1.62 bits per heavy atom. The van der Waals surface area contributed by atoms with Gasteiger partial charge in [0.15, 0.2) is 0 Å². The predicted molar refractivity (Wildman–Crippen MR) is 60.7 cm³/mol. The van der Waals surface area contributed by atoms with Crippen LogP contribution in [0.1, 0.15) is 19.3 Å². The van der Waals surface area contributed by atoms with Crippen molar-refractivity contribution in [1.29, 1.82) is 0 Å². The molecule has 1 heterocycles. The summed E-state index contributed by atoms with van der Waals surface area (Å²) in [5.41, 5.74) is 0. The molecule has 1 nitrogen and oxygen atoms in total. The molecule has 1 saturated carbocycles. The molecule has 0 saturated heterocycles. The molecular weight excluding hydrogens is 198 g/mol. The minimum absolute atomic E-state index is 0.513. The minimum atomic E-state index is 0.513. The summed E-state index contributed by atoms with van der Waals surface area (Å²) in [4.78, 5) is 0. The summed E-state index contributed by atoms with van der Waals surface area (Å²) in [5.74, 6) is 0. The van der Waals surface area contributed by atoms with E-state index in [0.717, 1.165) is 6.54 Å². The highest BCUT2D eigenvalue weighted by Gasteiger charge is 2.37. The molecule has 0 aromatic carbocycles. The number of hydrogen-bond donors (Lipinski definition) is 1. The lowest BCUT2D eigenvalue weighted by Gasteiger charge is -2.40. The lowest BCUT2D eigenvalue weighted by atomic mass is 9.84. The molecule has 0 aliphatic heterocycles. The molecule has 1 fully saturated rings. The van der Waals surface area contributed by atoms with Gasteiger partial charge in [0.1, 0.15) is 0 Å². The Hall–Kier alpha value is 0.01000. The fourth-order valence-corrected chi connectivity index (χ4v) is 4.36. The third-order valence-electron chi connectivity index (χ3n) is 2.58. The van der Waals surface area contributed by atoms with Crippen LogP contribution in [0.5, 0.6) is 0 Å². The first-order valence-electron chi connectivity index (χ1n) is 4.72. The van der Waals surface area contributed by atoms with E-state index >= 15 is 0 Å². The second-order valence-corrected chi connectivity index (χ2v) is 6.32. The van der Waals surface area contributed by atoms with Crippen molar-refractivity contribution < 1.29 is 0 Å². The quantitative estimate of drug-likeness (QED) is 0.825. The van der Waals surface area contributed by atoms with E-state index in [1.165, 1.54) is 23.5 Å². The maximum Gasteiger partial charge on any atom is 0.0604 e. The number of hydrogen-bond acceptors (Lipinski definition) is 3. The van der Waals surface area contributed by atoms with Crippen LogP contribution < -0.4 is 5.32 Å². The lowest BCUT2D eigenvalue weighted by Crippen LogP contribution is -2.42. The summed E-state index contributed by atoms with van der Waals surface area (Å²) in [6, 6.07) is 4.36. The number of nitrogens with one attached hydrogen (secondary N) is 1. The van der Waals surface area contributed by atoms with Crippen molar-refractivity contribution in [2.24, 2.45) is 0 Å². The van der Waals surface area contributed by atoms with Crippen LogP contribution >= 0.6 is 23.1 Å². The van der Waals surface area contributed by atoms with E-state index in [-0.39, 0.29) is 0 Å². The third kappa shape index (κ3) is 2.09. The van der Waals surface area contributed by atoms with Gasteiger partial charge in [-0.3, -0.25) is 0 Å². The molecule has 3 heteroatoms. The molecule has 0 radical (unpaired) electrons. The Bertz CT molecular complexity index is 252. The topological polar surface area (TPSA) is 12.0 Å². The molecule has 1 aromatic heterocycles. The van der Waals surface area contributed by atoms with E-state index in [2.05, 4.69) is 41.6 Å². The van der Waals surface area contributed by atoms with Gasteiger partial charge in [0, 0.05) is 11.3 Å². The zero-order valence-electron chi connectivity index (χ0n) is 7.88. The highest BCUT2D eigenvalue weighted by atomic mass is 32.2. The molecule has 0 amide bonds. The van der Waals surface area contributed by atoms with Crippen LogP contribution in [0.2, 0.25) is 0 Å². The average molecular weight is 213 g/mol. The average Bonchev–Trinajstić information content (AvgIpc) is 2.53. The highest BCUT2D eigenvalue weighted by Crippen LogP contribution is 2.48. The van der Waals surface area contributed by atoms with Gasteiger partial charge in [-0.25, -0.2) is 0 Å². The zero-order valence-corrected chi connectivity index (χ0v) is 9.51. The van der Waals surface area contributed by atoms with Crippen LogP contribution in [0.3, 0.4) is 0 Å². The largest absolute Gasteiger partial charge is 0.318 e. The van der Waals surface area contributed by atoms with Crippen LogP contribution in [0.4, 0.5) is 0 Å². The molecule has 0 unspecified atom stereocenters. The molecule has 0 spiro atoms. The van der Waals surface area contributed by atoms with Crippen molar-refractivity contribution in [3.8, 4) is 0 Å². The summed E-state index contributed by atoms with van der Waals surface area (Å²) in [6.45, 7) is 1.15. The van der Waals surface area contributed by atoms with E-state index in [0.29, 0.717) is 4.75 Å². The summed E-state index contributed by atoms with van der Waals surface area (Å²) < 4.78 is 1.98. The molecule has 1 aliphatic carbocycles. The Morgan fingerprint density at radius 3 is 2.92 bits per heavy atom. The first-order chi connectivity index (χ1) is 6.35. The van der Waals surface area contributed by atoms with Crippen LogP contribution in [0.15, 0.2) is 21.7 Å².